The van der Waals surface area contributed by atoms with Crippen LogP contribution in [0.15, 0.2) is 18.2 Å². The van der Waals surface area contributed by atoms with E-state index in [1.807, 2.05) is 4.90 Å². The minimum Gasteiger partial charge on any atom is -0.465 e. The maximum Gasteiger partial charge on any atom is 0.407 e. The largest absolute Gasteiger partial charge is 0.465 e. The van der Waals surface area contributed by atoms with Gasteiger partial charge in [-0.2, -0.15) is 0 Å². The number of ether oxygens (including phenoxy) is 1. The summed E-state index contributed by atoms with van der Waals surface area (Å²) in [5.41, 5.74) is -0.901. The summed E-state index contributed by atoms with van der Waals surface area (Å²) in [6.45, 7) is 2.05. The molecule has 2 saturated heterocycles. The average molecular weight is 512 g/mol. The Morgan fingerprint density at radius 2 is 1.88 bits per heavy atom. The lowest BCUT2D eigenvalue weighted by Gasteiger charge is -2.43. The molecule has 4 rings (SSSR count). The van der Waals surface area contributed by atoms with E-state index in [9.17, 15) is 19.5 Å². The van der Waals surface area contributed by atoms with Gasteiger partial charge in [-0.15, -0.1) is 0 Å². The SMILES string of the molecule is COCC1(C(=O)N2CCC(C(=O)[C@@]3(N(C)C(=O)O)CNC[C@H]3c3ccc(Cl)c(Cl)c3)CC2)CC1. The number of methoxy groups -OCH3 is 1. The molecular weight excluding hydrogens is 481 g/mol. The Bertz CT molecular complexity index is 977. The van der Waals surface area contributed by atoms with Crippen LogP contribution >= 0.6 is 23.2 Å². The highest BCUT2D eigenvalue weighted by Crippen LogP contribution is 2.48. The van der Waals surface area contributed by atoms with Crippen molar-refractivity contribution in [1.29, 1.82) is 0 Å². The summed E-state index contributed by atoms with van der Waals surface area (Å²) in [5.74, 6) is -0.752. The molecule has 3 fully saturated rings. The van der Waals surface area contributed by atoms with Crippen molar-refractivity contribution in [3.8, 4) is 0 Å². The van der Waals surface area contributed by atoms with Gasteiger partial charge in [-0.05, 0) is 43.4 Å². The van der Waals surface area contributed by atoms with Gasteiger partial charge in [0.25, 0.3) is 0 Å². The number of likely N-dealkylation sites (N-methyl/N-ethyl adjacent to an activating group) is 1. The number of halogens is 2. The van der Waals surface area contributed by atoms with Crippen LogP contribution in [0.2, 0.25) is 10.0 Å². The molecule has 2 aliphatic heterocycles. The Balaban J connectivity index is 1.56. The molecular formula is C24H31Cl2N3O5. The molecule has 2 amide bonds. The summed E-state index contributed by atoms with van der Waals surface area (Å²) < 4.78 is 5.25. The van der Waals surface area contributed by atoms with E-state index in [4.69, 9.17) is 27.9 Å². The van der Waals surface area contributed by atoms with Crippen molar-refractivity contribution in [3.63, 3.8) is 0 Å². The van der Waals surface area contributed by atoms with Crippen molar-refractivity contribution in [2.45, 2.75) is 37.1 Å². The lowest BCUT2D eigenvalue weighted by molar-refractivity contribution is -0.143. The molecule has 1 aliphatic carbocycles. The van der Waals surface area contributed by atoms with Crippen LogP contribution < -0.4 is 5.32 Å². The minimum atomic E-state index is -1.27. The molecule has 186 valence electrons. The number of hydrogen-bond acceptors (Lipinski definition) is 5. The summed E-state index contributed by atoms with van der Waals surface area (Å²) in [4.78, 5) is 42.2. The van der Waals surface area contributed by atoms with Crippen LogP contribution in [0.4, 0.5) is 4.79 Å². The molecule has 1 aromatic rings. The van der Waals surface area contributed by atoms with Crippen LogP contribution in [-0.4, -0.2) is 85.2 Å². The molecule has 2 heterocycles. The Hall–Kier alpha value is -1.87. The lowest BCUT2D eigenvalue weighted by Crippen LogP contribution is -2.62. The number of piperidine rings is 1. The minimum absolute atomic E-state index is 0.105. The van der Waals surface area contributed by atoms with Crippen LogP contribution in [0.1, 0.15) is 37.2 Å². The molecule has 0 bridgehead atoms. The third-order valence-corrected chi connectivity index (χ3v) is 8.60. The first-order valence-corrected chi connectivity index (χ1v) is 12.4. The number of carboxylic acid groups (broad SMARTS) is 1. The van der Waals surface area contributed by atoms with E-state index in [1.165, 1.54) is 7.05 Å². The maximum atomic E-state index is 14.1. The van der Waals surface area contributed by atoms with Crippen LogP contribution in [0.5, 0.6) is 0 Å². The van der Waals surface area contributed by atoms with E-state index in [1.54, 1.807) is 25.3 Å². The highest BCUT2D eigenvalue weighted by molar-refractivity contribution is 6.42. The van der Waals surface area contributed by atoms with Gasteiger partial charge in [0.15, 0.2) is 5.78 Å². The zero-order chi connectivity index (χ0) is 24.7. The summed E-state index contributed by atoms with van der Waals surface area (Å²) in [6, 6.07) is 5.19. The summed E-state index contributed by atoms with van der Waals surface area (Å²) in [7, 11) is 3.06. The van der Waals surface area contributed by atoms with E-state index < -0.39 is 23.0 Å². The molecule has 34 heavy (non-hydrogen) atoms. The fourth-order valence-electron chi connectivity index (χ4n) is 5.65. The van der Waals surface area contributed by atoms with Crippen molar-refractivity contribution >= 4 is 41.0 Å². The number of ketones is 1. The number of amides is 2. The number of likely N-dealkylation sites (tertiary alicyclic amines) is 1. The van der Waals surface area contributed by atoms with Crippen molar-refractivity contribution in [2.24, 2.45) is 11.3 Å². The van der Waals surface area contributed by atoms with Crippen LogP contribution in [-0.2, 0) is 14.3 Å². The average Bonchev–Trinajstić information content (AvgIpc) is 3.48. The van der Waals surface area contributed by atoms with Crippen molar-refractivity contribution < 1.29 is 24.2 Å². The lowest BCUT2D eigenvalue weighted by atomic mass is 9.72. The molecule has 8 nitrogen and oxygen atoms in total. The summed E-state index contributed by atoms with van der Waals surface area (Å²) >= 11 is 12.3. The Kier molecular flexibility index (Phi) is 7.16. The molecule has 2 atom stereocenters. The van der Waals surface area contributed by atoms with Crippen LogP contribution in [0, 0.1) is 11.3 Å². The van der Waals surface area contributed by atoms with Gasteiger partial charge < -0.3 is 20.1 Å². The van der Waals surface area contributed by atoms with Gasteiger partial charge >= 0.3 is 6.09 Å². The highest BCUT2D eigenvalue weighted by atomic mass is 35.5. The fraction of sp³-hybridized carbons (Fsp3) is 0.625. The quantitative estimate of drug-likeness (QED) is 0.582. The zero-order valence-corrected chi connectivity index (χ0v) is 21.0. The Labute approximate surface area is 209 Å². The van der Waals surface area contributed by atoms with Gasteiger partial charge in [-0.1, -0.05) is 29.3 Å². The highest BCUT2D eigenvalue weighted by Gasteiger charge is 2.57. The number of carbonyl (C=O) groups is 3. The van der Waals surface area contributed by atoms with Gasteiger partial charge in [0.1, 0.15) is 5.54 Å². The number of rotatable bonds is 7. The van der Waals surface area contributed by atoms with E-state index in [0.717, 1.165) is 23.3 Å². The van der Waals surface area contributed by atoms with Crippen molar-refractivity contribution in [2.75, 3.05) is 46.9 Å². The van der Waals surface area contributed by atoms with Gasteiger partial charge in [0, 0.05) is 52.2 Å². The third kappa shape index (κ3) is 4.30. The standard InChI is InChI=1S/C24H31Cl2N3O5/c1-28(22(32)33)24(13-27-12-17(24)16-3-4-18(25)19(26)11-16)20(30)15-5-9-29(10-6-15)21(31)23(7-8-23)14-34-2/h3-4,11,15,17,27H,5-10,12-14H2,1-2H3,(H,32,33)/t17-,24+/m0/s1. The van der Waals surface area contributed by atoms with E-state index in [-0.39, 0.29) is 24.2 Å². The second-order valence-corrected chi connectivity index (χ2v) is 10.6. The predicted octanol–water partition coefficient (Wildman–Crippen LogP) is 3.26. The van der Waals surface area contributed by atoms with Gasteiger partial charge in [-0.3, -0.25) is 14.5 Å². The first-order valence-electron chi connectivity index (χ1n) is 11.6. The molecule has 3 aliphatic rings. The first kappa shape index (κ1) is 25.2. The van der Waals surface area contributed by atoms with E-state index in [0.29, 0.717) is 49.1 Å². The Morgan fingerprint density at radius 3 is 2.44 bits per heavy atom. The van der Waals surface area contributed by atoms with Crippen LogP contribution in [0.3, 0.4) is 0 Å². The monoisotopic (exact) mass is 511 g/mol. The molecule has 0 radical (unpaired) electrons. The molecule has 2 N–H and O–H groups in total. The van der Waals surface area contributed by atoms with E-state index in [2.05, 4.69) is 5.32 Å². The van der Waals surface area contributed by atoms with Crippen molar-refractivity contribution in [3.05, 3.63) is 33.8 Å². The normalized spacial score (nSPS) is 26.4. The summed E-state index contributed by atoms with van der Waals surface area (Å²) in [6.07, 6.45) is 1.53. The van der Waals surface area contributed by atoms with E-state index >= 15 is 0 Å². The van der Waals surface area contributed by atoms with Crippen LogP contribution in [0.25, 0.3) is 0 Å². The number of Topliss-reactive ketones (excluding diaryl/α,β-unsaturated/α-hetero) is 1. The topological polar surface area (TPSA) is 99.2 Å². The number of hydrogen-bond donors (Lipinski definition) is 2. The second-order valence-electron chi connectivity index (χ2n) is 9.77. The van der Waals surface area contributed by atoms with Crippen molar-refractivity contribution in [1.82, 2.24) is 15.1 Å². The number of benzene rings is 1. The maximum absolute atomic E-state index is 14.1. The number of carbonyl (C=O) groups excluding carboxylic acids is 2. The molecule has 1 saturated carbocycles. The molecule has 0 unspecified atom stereocenters. The number of nitrogens with one attached hydrogen (secondary N) is 1. The second kappa shape index (κ2) is 9.64. The summed E-state index contributed by atoms with van der Waals surface area (Å²) in [5, 5.41) is 13.9. The van der Waals surface area contributed by atoms with Gasteiger partial charge in [0.05, 0.1) is 22.1 Å². The molecule has 0 aromatic heterocycles. The molecule has 10 heteroatoms. The predicted molar refractivity (Wildman–Crippen MR) is 128 cm³/mol. The first-order chi connectivity index (χ1) is 16.2. The Morgan fingerprint density at radius 1 is 1.21 bits per heavy atom. The molecule has 1 aromatic carbocycles. The third-order valence-electron chi connectivity index (χ3n) is 7.86. The fourth-order valence-corrected chi connectivity index (χ4v) is 5.96. The zero-order valence-electron chi connectivity index (χ0n) is 19.5. The smallest absolute Gasteiger partial charge is 0.407 e. The number of nitrogens with zero attached hydrogens (tertiary/aromatic N) is 2. The van der Waals surface area contributed by atoms with Gasteiger partial charge in [0.2, 0.25) is 5.91 Å². The molecule has 0 spiro atoms. The van der Waals surface area contributed by atoms with Gasteiger partial charge in [-0.25, -0.2) is 4.79 Å².